The molecule has 1 aliphatic rings. The Kier molecular flexibility index (Phi) is 4.52. The lowest BCUT2D eigenvalue weighted by molar-refractivity contribution is 0.0696. The molecule has 1 N–H and O–H groups in total. The Labute approximate surface area is 155 Å². The second kappa shape index (κ2) is 6.99. The van der Waals surface area contributed by atoms with Gasteiger partial charge in [0.2, 0.25) is 0 Å². The maximum absolute atomic E-state index is 14.3. The molecule has 0 unspecified atom stereocenters. The molecule has 0 bridgehead atoms. The summed E-state index contributed by atoms with van der Waals surface area (Å²) in [6.45, 7) is 0. The smallest absolute Gasteiger partial charge is 0.335 e. The van der Waals surface area contributed by atoms with E-state index in [0.29, 0.717) is 11.5 Å². The second-order valence-corrected chi connectivity index (χ2v) is 7.07. The molecule has 0 radical (unpaired) electrons. The van der Waals surface area contributed by atoms with E-state index in [9.17, 15) is 14.0 Å². The van der Waals surface area contributed by atoms with E-state index in [1.165, 1.54) is 43.7 Å². The van der Waals surface area contributed by atoms with Crippen molar-refractivity contribution in [2.24, 2.45) is 0 Å². The lowest BCUT2D eigenvalue weighted by atomic mass is 9.84. The molecule has 0 atom stereocenters. The number of fused-ring (bicyclic) bond motifs is 1. The van der Waals surface area contributed by atoms with Gasteiger partial charge in [-0.2, -0.15) is 0 Å². The summed E-state index contributed by atoms with van der Waals surface area (Å²) in [5, 5.41) is 8.95. The number of carboxylic acids is 1. The van der Waals surface area contributed by atoms with Crippen LogP contribution in [0, 0.1) is 5.82 Å². The van der Waals surface area contributed by atoms with Gasteiger partial charge in [-0.3, -0.25) is 4.79 Å². The van der Waals surface area contributed by atoms with Crippen molar-refractivity contribution in [2.45, 2.75) is 38.0 Å². The third kappa shape index (κ3) is 3.37. The van der Waals surface area contributed by atoms with Crippen LogP contribution >= 0.6 is 0 Å². The number of carbonyl (C=O) groups is 1. The number of carboxylic acid groups (broad SMARTS) is 1. The van der Waals surface area contributed by atoms with Crippen LogP contribution in [0.1, 0.15) is 53.9 Å². The lowest BCUT2D eigenvalue weighted by Gasteiger charge is -2.22. The van der Waals surface area contributed by atoms with E-state index >= 15 is 0 Å². The monoisotopic (exact) mass is 366 g/mol. The lowest BCUT2D eigenvalue weighted by Crippen LogP contribution is -2.06. The van der Waals surface area contributed by atoms with Crippen molar-refractivity contribution < 1.29 is 18.7 Å². The number of benzene rings is 2. The first kappa shape index (κ1) is 17.5. The number of aromatic carboxylic acids is 1. The van der Waals surface area contributed by atoms with E-state index in [1.54, 1.807) is 0 Å². The quantitative estimate of drug-likeness (QED) is 0.679. The van der Waals surface area contributed by atoms with Gasteiger partial charge < -0.3 is 9.52 Å². The van der Waals surface area contributed by atoms with Gasteiger partial charge in [-0.25, -0.2) is 9.18 Å². The fourth-order valence-electron chi connectivity index (χ4n) is 3.84. The van der Waals surface area contributed by atoms with Gasteiger partial charge in [0.15, 0.2) is 16.8 Å². The van der Waals surface area contributed by atoms with E-state index in [4.69, 9.17) is 9.52 Å². The van der Waals surface area contributed by atoms with Crippen LogP contribution < -0.4 is 5.43 Å². The maximum Gasteiger partial charge on any atom is 0.335 e. The minimum atomic E-state index is -1.29. The summed E-state index contributed by atoms with van der Waals surface area (Å²) in [6.07, 6.45) is 6.20. The zero-order valence-electron chi connectivity index (χ0n) is 14.7. The van der Waals surface area contributed by atoms with Gasteiger partial charge >= 0.3 is 5.97 Å². The van der Waals surface area contributed by atoms with Crippen molar-refractivity contribution >= 4 is 16.9 Å². The zero-order valence-corrected chi connectivity index (χ0v) is 14.7. The van der Waals surface area contributed by atoms with Crippen LogP contribution in [0.4, 0.5) is 4.39 Å². The van der Waals surface area contributed by atoms with Crippen LogP contribution in [0.15, 0.2) is 51.7 Å². The number of halogens is 1. The highest BCUT2D eigenvalue weighted by Gasteiger charge is 2.17. The topological polar surface area (TPSA) is 67.5 Å². The first-order valence-electron chi connectivity index (χ1n) is 9.14. The van der Waals surface area contributed by atoms with Gasteiger partial charge in [0, 0.05) is 11.6 Å². The molecule has 27 heavy (non-hydrogen) atoms. The SMILES string of the molecule is O=C(O)c1cc(F)c2oc(-c3ccc(C4CCCCC4)cc3)cc(=O)c2c1. The molecular weight excluding hydrogens is 347 g/mol. The maximum atomic E-state index is 14.3. The molecule has 1 aliphatic carbocycles. The molecule has 1 aromatic heterocycles. The van der Waals surface area contributed by atoms with Crippen molar-refractivity contribution in [1.29, 1.82) is 0 Å². The Hall–Kier alpha value is -2.95. The first-order chi connectivity index (χ1) is 13.0. The van der Waals surface area contributed by atoms with Crippen molar-refractivity contribution in [3.63, 3.8) is 0 Å². The van der Waals surface area contributed by atoms with Crippen molar-refractivity contribution in [3.8, 4) is 11.3 Å². The fraction of sp³-hybridized carbons (Fsp3) is 0.273. The highest BCUT2D eigenvalue weighted by molar-refractivity contribution is 5.93. The Morgan fingerprint density at radius 1 is 1.04 bits per heavy atom. The molecule has 1 saturated carbocycles. The molecule has 0 spiro atoms. The largest absolute Gasteiger partial charge is 0.478 e. The average Bonchev–Trinajstić information content (AvgIpc) is 2.69. The van der Waals surface area contributed by atoms with E-state index in [2.05, 4.69) is 0 Å². The molecule has 1 fully saturated rings. The normalized spacial score (nSPS) is 15.1. The minimum absolute atomic E-state index is 0.0741. The van der Waals surface area contributed by atoms with Gasteiger partial charge in [-0.15, -0.1) is 0 Å². The molecule has 4 nitrogen and oxygen atoms in total. The van der Waals surface area contributed by atoms with Crippen LogP contribution in [-0.2, 0) is 0 Å². The summed E-state index contributed by atoms with van der Waals surface area (Å²) in [4.78, 5) is 23.5. The molecule has 1 heterocycles. The number of rotatable bonds is 3. The number of hydrogen-bond donors (Lipinski definition) is 1. The highest BCUT2D eigenvalue weighted by Crippen LogP contribution is 2.34. The molecule has 0 saturated heterocycles. The molecule has 138 valence electrons. The van der Waals surface area contributed by atoms with Gasteiger partial charge in [0.25, 0.3) is 0 Å². The van der Waals surface area contributed by atoms with Crippen LogP contribution in [-0.4, -0.2) is 11.1 Å². The molecule has 4 rings (SSSR count). The molecule has 2 aromatic carbocycles. The zero-order chi connectivity index (χ0) is 19.0. The van der Waals surface area contributed by atoms with E-state index in [-0.39, 0.29) is 22.3 Å². The minimum Gasteiger partial charge on any atom is -0.478 e. The molecule has 0 aliphatic heterocycles. The Morgan fingerprint density at radius 2 is 1.74 bits per heavy atom. The van der Waals surface area contributed by atoms with Gasteiger partial charge in [-0.05, 0) is 36.5 Å². The van der Waals surface area contributed by atoms with Crippen molar-refractivity contribution in [2.75, 3.05) is 0 Å². The molecule has 3 aromatic rings. The first-order valence-corrected chi connectivity index (χ1v) is 9.14. The van der Waals surface area contributed by atoms with E-state index in [0.717, 1.165) is 12.1 Å². The summed E-state index contributed by atoms with van der Waals surface area (Å²) in [6, 6.07) is 11.1. The van der Waals surface area contributed by atoms with Crippen LogP contribution in [0.2, 0.25) is 0 Å². The van der Waals surface area contributed by atoms with Gasteiger partial charge in [0.1, 0.15) is 5.76 Å². The summed E-state index contributed by atoms with van der Waals surface area (Å²) in [5.74, 6) is -1.31. The van der Waals surface area contributed by atoms with E-state index in [1.807, 2.05) is 24.3 Å². The summed E-state index contributed by atoms with van der Waals surface area (Å²) >= 11 is 0. The fourth-order valence-corrected chi connectivity index (χ4v) is 3.84. The van der Waals surface area contributed by atoms with Crippen LogP contribution in [0.5, 0.6) is 0 Å². The standard InChI is InChI=1S/C22H19FO4/c23-18-11-16(22(25)26)10-17-19(24)12-20(27-21(17)18)15-8-6-14(7-9-15)13-4-2-1-3-5-13/h6-13H,1-5H2,(H,25,26). The predicted octanol–water partition coefficient (Wildman–Crippen LogP) is 5.35. The highest BCUT2D eigenvalue weighted by atomic mass is 19.1. The molecule has 0 amide bonds. The summed E-state index contributed by atoms with van der Waals surface area (Å²) in [5.41, 5.74) is 0.995. The summed E-state index contributed by atoms with van der Waals surface area (Å²) in [7, 11) is 0. The molecular formula is C22H19FO4. The van der Waals surface area contributed by atoms with Crippen molar-refractivity contribution in [1.82, 2.24) is 0 Å². The summed E-state index contributed by atoms with van der Waals surface area (Å²) < 4.78 is 19.9. The van der Waals surface area contributed by atoms with Crippen molar-refractivity contribution in [3.05, 3.63) is 69.6 Å². The average molecular weight is 366 g/mol. The van der Waals surface area contributed by atoms with Crippen LogP contribution in [0.3, 0.4) is 0 Å². The second-order valence-electron chi connectivity index (χ2n) is 7.07. The Bertz CT molecular complexity index is 1060. The van der Waals surface area contributed by atoms with Gasteiger partial charge in [0.05, 0.1) is 10.9 Å². The van der Waals surface area contributed by atoms with Crippen LogP contribution in [0.25, 0.3) is 22.3 Å². The Balaban J connectivity index is 1.73. The number of hydrogen-bond acceptors (Lipinski definition) is 3. The van der Waals surface area contributed by atoms with E-state index < -0.39 is 17.2 Å². The van der Waals surface area contributed by atoms with Gasteiger partial charge in [-0.1, -0.05) is 43.5 Å². The predicted molar refractivity (Wildman–Crippen MR) is 101 cm³/mol. The molecule has 5 heteroatoms. The Morgan fingerprint density at radius 3 is 2.41 bits per heavy atom. The third-order valence-electron chi connectivity index (χ3n) is 5.30. The third-order valence-corrected chi connectivity index (χ3v) is 5.30.